The van der Waals surface area contributed by atoms with Crippen molar-refractivity contribution >= 4 is 58.5 Å². The van der Waals surface area contributed by atoms with Crippen molar-refractivity contribution in [3.63, 3.8) is 0 Å². The predicted molar refractivity (Wildman–Crippen MR) is 353 cm³/mol. The zero-order valence-electron chi connectivity index (χ0n) is 55.2. The van der Waals surface area contributed by atoms with Crippen molar-refractivity contribution in [2.75, 3.05) is 13.2 Å². The minimum atomic E-state index is -4.59. The first-order valence-corrected chi connectivity index (χ1v) is 38.9. The first-order chi connectivity index (χ1) is 39.0. The SMILES string of the molecule is CCCCCCCCCCCCCCCCCCCC(CCCCCCCCCCCCCC)COS(=O)(=O)[O-].CCCCCCCCCCCCCCCCCCCC(CCCCCCCCCCCCCC)COS(=O)(=O)[O-].[Ca+2]. The molecule has 8 nitrogen and oxygen atoms in total. The summed E-state index contributed by atoms with van der Waals surface area (Å²) in [4.78, 5) is 0. The fourth-order valence-corrected chi connectivity index (χ4v) is 12.6. The van der Waals surface area contributed by atoms with Gasteiger partial charge in [-0.2, -0.15) is 0 Å². The molecule has 0 fully saturated rings. The van der Waals surface area contributed by atoms with Crippen molar-refractivity contribution in [3.05, 3.63) is 0 Å². The second-order valence-electron chi connectivity index (χ2n) is 25.4. The number of rotatable bonds is 68. The Morgan fingerprint density at radius 2 is 0.333 bits per heavy atom. The van der Waals surface area contributed by atoms with Crippen LogP contribution in [-0.4, -0.2) is 76.9 Å². The number of hydrogen-bond donors (Lipinski definition) is 0. The van der Waals surface area contributed by atoms with Gasteiger partial charge in [-0.25, -0.2) is 16.8 Å². The van der Waals surface area contributed by atoms with E-state index in [1.165, 1.54) is 347 Å². The van der Waals surface area contributed by atoms with E-state index in [2.05, 4.69) is 36.1 Å². The monoisotopic (exact) mass is 1210 g/mol. The van der Waals surface area contributed by atoms with Crippen LogP contribution in [0.4, 0.5) is 0 Å². The summed E-state index contributed by atoms with van der Waals surface area (Å²) in [5.74, 6) is 0.395. The molecule has 0 aliphatic carbocycles. The molecule has 0 aromatic rings. The van der Waals surface area contributed by atoms with Crippen LogP contribution in [0.2, 0.25) is 0 Å². The average molecular weight is 1220 g/mol. The Kier molecular flexibility index (Phi) is 76.4. The van der Waals surface area contributed by atoms with E-state index < -0.39 is 20.8 Å². The van der Waals surface area contributed by atoms with Gasteiger partial charge in [0.1, 0.15) is 0 Å². The van der Waals surface area contributed by atoms with Crippen LogP contribution in [0.25, 0.3) is 0 Å². The summed E-state index contributed by atoms with van der Waals surface area (Å²) < 4.78 is 75.1. The van der Waals surface area contributed by atoms with Crippen molar-refractivity contribution in [1.29, 1.82) is 0 Å². The van der Waals surface area contributed by atoms with Crippen LogP contribution in [0.15, 0.2) is 0 Å². The van der Waals surface area contributed by atoms with E-state index in [0.717, 1.165) is 51.4 Å². The number of unbranched alkanes of at least 4 members (excludes halogenated alkanes) is 54. The van der Waals surface area contributed by atoms with Gasteiger partial charge in [-0.3, -0.25) is 8.37 Å². The molecule has 0 aromatic heterocycles. The molecule has 0 spiro atoms. The van der Waals surface area contributed by atoms with Gasteiger partial charge in [0.15, 0.2) is 0 Å². The third kappa shape index (κ3) is 81.0. The Labute approximate surface area is 539 Å². The van der Waals surface area contributed by atoms with Crippen LogP contribution in [0, 0.1) is 11.8 Å². The van der Waals surface area contributed by atoms with E-state index in [1.54, 1.807) is 0 Å². The molecule has 484 valence electrons. The van der Waals surface area contributed by atoms with Crippen molar-refractivity contribution in [2.45, 2.75) is 426 Å². The Morgan fingerprint density at radius 1 is 0.222 bits per heavy atom. The van der Waals surface area contributed by atoms with Crippen LogP contribution in [0.5, 0.6) is 0 Å². The maximum Gasteiger partial charge on any atom is 2.00 e. The summed E-state index contributed by atoms with van der Waals surface area (Å²) in [6, 6.07) is 0. The minimum Gasteiger partial charge on any atom is -0.726 e. The van der Waals surface area contributed by atoms with Gasteiger partial charge in [0.25, 0.3) is 0 Å². The second kappa shape index (κ2) is 71.8. The van der Waals surface area contributed by atoms with Gasteiger partial charge in [-0.15, -0.1) is 0 Å². The molecule has 0 rings (SSSR count). The Balaban J connectivity index is -0.00000148. The largest absolute Gasteiger partial charge is 2.00 e. The second-order valence-corrected chi connectivity index (χ2v) is 27.5. The van der Waals surface area contributed by atoms with Gasteiger partial charge in [-0.05, 0) is 37.5 Å². The van der Waals surface area contributed by atoms with E-state index in [-0.39, 0.29) is 62.8 Å². The maximum atomic E-state index is 11.0. The summed E-state index contributed by atoms with van der Waals surface area (Å²) in [6.45, 7) is 9.24. The molecule has 0 saturated heterocycles. The minimum absolute atomic E-state index is 0. The van der Waals surface area contributed by atoms with Crippen LogP contribution in [-0.2, 0) is 29.2 Å². The van der Waals surface area contributed by atoms with Gasteiger partial charge in [0.2, 0.25) is 20.8 Å². The quantitative estimate of drug-likeness (QED) is 0.0254. The van der Waals surface area contributed by atoms with E-state index in [0.29, 0.717) is 0 Å². The Hall–Kier alpha value is 1.000. The van der Waals surface area contributed by atoms with Gasteiger partial charge in [-0.1, -0.05) is 400 Å². The molecule has 0 amide bonds. The Bertz CT molecular complexity index is 1270. The molecule has 2 unspecified atom stereocenters. The van der Waals surface area contributed by atoms with E-state index >= 15 is 0 Å². The van der Waals surface area contributed by atoms with Crippen molar-refractivity contribution in [3.8, 4) is 0 Å². The molecule has 0 heterocycles. The first-order valence-electron chi connectivity index (χ1n) is 36.2. The number of hydrogen-bond acceptors (Lipinski definition) is 8. The van der Waals surface area contributed by atoms with Crippen molar-refractivity contribution in [1.82, 2.24) is 0 Å². The third-order valence-electron chi connectivity index (χ3n) is 17.3. The van der Waals surface area contributed by atoms with E-state index in [9.17, 15) is 25.9 Å². The van der Waals surface area contributed by atoms with Crippen LogP contribution < -0.4 is 0 Å². The van der Waals surface area contributed by atoms with Gasteiger partial charge in [0, 0.05) is 0 Å². The topological polar surface area (TPSA) is 133 Å². The van der Waals surface area contributed by atoms with Crippen LogP contribution in [0.1, 0.15) is 426 Å². The molecule has 0 N–H and O–H groups in total. The standard InChI is InChI=1S/2C35H72O4S.Ca/c2*1-3-5-7-9-11-13-15-17-18-19-20-21-23-25-27-29-31-33-35(34-39-40(36,37)38)32-30-28-26-24-22-16-14-12-10-8-6-4-2;/h2*35H,3-34H2,1-2H3,(H,36,37,38);/q;;+2/p-2. The first kappa shape index (κ1) is 86.2. The van der Waals surface area contributed by atoms with Crippen molar-refractivity contribution < 1.29 is 34.3 Å². The summed E-state index contributed by atoms with van der Waals surface area (Å²) in [7, 11) is -9.17. The summed E-state index contributed by atoms with van der Waals surface area (Å²) in [5.41, 5.74) is 0. The summed E-state index contributed by atoms with van der Waals surface area (Å²) in [5, 5.41) is 0. The van der Waals surface area contributed by atoms with E-state index in [1.807, 2.05) is 0 Å². The Morgan fingerprint density at radius 3 is 0.444 bits per heavy atom. The summed E-state index contributed by atoms with van der Waals surface area (Å²) >= 11 is 0. The van der Waals surface area contributed by atoms with Gasteiger partial charge >= 0.3 is 37.7 Å². The van der Waals surface area contributed by atoms with Crippen LogP contribution >= 0.6 is 0 Å². The van der Waals surface area contributed by atoms with Gasteiger partial charge in [0.05, 0.1) is 13.2 Å². The fourth-order valence-electron chi connectivity index (χ4n) is 11.8. The average Bonchev–Trinajstić information content (AvgIpc) is 3.43. The zero-order valence-corrected chi connectivity index (χ0v) is 59.0. The zero-order chi connectivity index (χ0) is 58.8. The van der Waals surface area contributed by atoms with E-state index in [4.69, 9.17) is 0 Å². The molecule has 11 heteroatoms. The molecule has 0 aromatic carbocycles. The fraction of sp³-hybridized carbons (Fsp3) is 1.00. The molecule has 0 saturated carbocycles. The molecule has 81 heavy (non-hydrogen) atoms. The maximum absolute atomic E-state index is 11.0. The molecule has 0 bridgehead atoms. The predicted octanol–water partition coefficient (Wildman–Crippen LogP) is 24.0. The molecular formula is C70H142CaO8S2. The molecular weight excluding hydrogens is 1070 g/mol. The summed E-state index contributed by atoms with van der Waals surface area (Å²) in [6.07, 6.45) is 81.9. The molecule has 2 atom stereocenters. The molecule has 0 aliphatic rings. The van der Waals surface area contributed by atoms with Crippen molar-refractivity contribution in [2.24, 2.45) is 11.8 Å². The third-order valence-corrected chi connectivity index (χ3v) is 18.1. The molecule has 0 aliphatic heterocycles. The molecule has 0 radical (unpaired) electrons. The smallest absolute Gasteiger partial charge is 0.726 e. The normalized spacial score (nSPS) is 12.6. The van der Waals surface area contributed by atoms with Crippen LogP contribution in [0.3, 0.4) is 0 Å². The van der Waals surface area contributed by atoms with Gasteiger partial charge < -0.3 is 9.11 Å².